The molecule has 2 aromatic rings. The smallest absolute Gasteiger partial charge is 0.258 e. The summed E-state index contributed by atoms with van der Waals surface area (Å²) in [5.41, 5.74) is 2.73. The van der Waals surface area contributed by atoms with Crippen molar-refractivity contribution in [1.82, 2.24) is 0 Å². The van der Waals surface area contributed by atoms with Crippen molar-refractivity contribution in [2.45, 2.75) is 39.0 Å². The maximum Gasteiger partial charge on any atom is 0.258 e. The molecule has 0 heterocycles. The first kappa shape index (κ1) is 17.5. The van der Waals surface area contributed by atoms with E-state index in [1.54, 1.807) is 7.11 Å². The van der Waals surface area contributed by atoms with Crippen LogP contribution in [0.2, 0.25) is 0 Å². The van der Waals surface area contributed by atoms with E-state index in [4.69, 9.17) is 4.74 Å². The molecule has 3 rings (SSSR count). The second kappa shape index (κ2) is 8.19. The number of nitrogens with zero attached hydrogens (tertiary/aromatic N) is 1. The van der Waals surface area contributed by atoms with Crippen LogP contribution in [-0.2, 0) is 0 Å². The minimum Gasteiger partial charge on any atom is -0.496 e. The molecule has 25 heavy (non-hydrogen) atoms. The van der Waals surface area contributed by atoms with Crippen LogP contribution in [0, 0.1) is 12.8 Å². The Morgan fingerprint density at radius 1 is 1.08 bits per heavy atom. The van der Waals surface area contributed by atoms with Gasteiger partial charge in [0.1, 0.15) is 5.75 Å². The molecule has 3 nitrogen and oxygen atoms in total. The van der Waals surface area contributed by atoms with Crippen LogP contribution in [-0.4, -0.2) is 19.6 Å². The summed E-state index contributed by atoms with van der Waals surface area (Å²) in [5.74, 6) is 1.47. The van der Waals surface area contributed by atoms with Gasteiger partial charge in [0.2, 0.25) is 0 Å². The summed E-state index contributed by atoms with van der Waals surface area (Å²) in [4.78, 5) is 15.1. The highest BCUT2D eigenvalue weighted by Crippen LogP contribution is 2.30. The van der Waals surface area contributed by atoms with Crippen LogP contribution >= 0.6 is 0 Å². The lowest BCUT2D eigenvalue weighted by molar-refractivity contribution is 0.0980. The van der Waals surface area contributed by atoms with Gasteiger partial charge < -0.3 is 9.64 Å². The minimum atomic E-state index is 0.0667. The summed E-state index contributed by atoms with van der Waals surface area (Å²) in [6, 6.07) is 15.6. The molecule has 0 radical (unpaired) electrons. The van der Waals surface area contributed by atoms with E-state index < -0.39 is 0 Å². The molecule has 1 fully saturated rings. The molecule has 1 aliphatic rings. The normalized spacial score (nSPS) is 15.0. The molecular weight excluding hydrogens is 310 g/mol. The number of anilines is 1. The number of hydrogen-bond donors (Lipinski definition) is 0. The van der Waals surface area contributed by atoms with Gasteiger partial charge in [0.05, 0.1) is 7.11 Å². The van der Waals surface area contributed by atoms with Gasteiger partial charge in [0, 0.05) is 23.9 Å². The lowest BCUT2D eigenvalue weighted by atomic mass is 9.88. The molecule has 0 atom stereocenters. The average Bonchev–Trinajstić information content (AvgIpc) is 2.67. The third-order valence-corrected chi connectivity index (χ3v) is 5.13. The Labute approximate surface area is 150 Å². The first-order valence-corrected chi connectivity index (χ1v) is 9.20. The topological polar surface area (TPSA) is 29.5 Å². The Hall–Kier alpha value is -2.29. The van der Waals surface area contributed by atoms with E-state index >= 15 is 0 Å². The lowest BCUT2D eigenvalue weighted by Gasteiger charge is -2.30. The van der Waals surface area contributed by atoms with E-state index in [0.717, 1.165) is 29.1 Å². The van der Waals surface area contributed by atoms with E-state index in [-0.39, 0.29) is 5.91 Å². The molecule has 1 aliphatic carbocycles. The first-order valence-electron chi connectivity index (χ1n) is 9.20. The lowest BCUT2D eigenvalue weighted by Crippen LogP contribution is -2.36. The Morgan fingerprint density at radius 2 is 1.80 bits per heavy atom. The monoisotopic (exact) mass is 337 g/mol. The first-order chi connectivity index (χ1) is 12.2. The Morgan fingerprint density at radius 3 is 2.48 bits per heavy atom. The minimum absolute atomic E-state index is 0.0667. The molecule has 0 aromatic heterocycles. The fourth-order valence-corrected chi connectivity index (χ4v) is 3.65. The molecule has 0 bridgehead atoms. The number of carbonyl (C=O) groups is 1. The predicted octanol–water partition coefficient (Wildman–Crippen LogP) is 5.23. The zero-order valence-electron chi connectivity index (χ0n) is 15.2. The number of ether oxygens (including phenoxy) is 1. The largest absolute Gasteiger partial charge is 0.496 e. The van der Waals surface area contributed by atoms with E-state index in [1.165, 1.54) is 32.1 Å². The summed E-state index contributed by atoms with van der Waals surface area (Å²) in [6.45, 7) is 2.80. The second-order valence-corrected chi connectivity index (χ2v) is 6.94. The molecule has 0 saturated heterocycles. The van der Waals surface area contributed by atoms with Gasteiger partial charge in [-0.25, -0.2) is 0 Å². The molecule has 0 aliphatic heterocycles. The van der Waals surface area contributed by atoms with Crippen LogP contribution in [0.5, 0.6) is 5.75 Å². The number of aryl methyl sites for hydroxylation is 1. The number of benzene rings is 2. The van der Waals surface area contributed by atoms with Gasteiger partial charge in [-0.1, -0.05) is 43.5 Å². The van der Waals surface area contributed by atoms with Crippen LogP contribution in [0.25, 0.3) is 0 Å². The highest BCUT2D eigenvalue weighted by Gasteiger charge is 2.23. The van der Waals surface area contributed by atoms with Crippen LogP contribution in [0.3, 0.4) is 0 Å². The third kappa shape index (κ3) is 4.22. The zero-order valence-corrected chi connectivity index (χ0v) is 15.2. The maximum atomic E-state index is 13.2. The van der Waals surface area contributed by atoms with E-state index in [9.17, 15) is 4.79 Å². The molecule has 1 amide bonds. The molecule has 0 spiro atoms. The molecule has 3 heteroatoms. The quantitative estimate of drug-likeness (QED) is 0.747. The Kier molecular flexibility index (Phi) is 5.75. The van der Waals surface area contributed by atoms with Gasteiger partial charge in [0.25, 0.3) is 5.91 Å². The third-order valence-electron chi connectivity index (χ3n) is 5.13. The molecule has 132 valence electrons. The van der Waals surface area contributed by atoms with Gasteiger partial charge >= 0.3 is 0 Å². The van der Waals surface area contributed by atoms with Crippen molar-refractivity contribution in [1.29, 1.82) is 0 Å². The second-order valence-electron chi connectivity index (χ2n) is 6.94. The van der Waals surface area contributed by atoms with Gasteiger partial charge in [-0.15, -0.1) is 0 Å². The summed E-state index contributed by atoms with van der Waals surface area (Å²) in [7, 11) is 1.68. The van der Waals surface area contributed by atoms with Gasteiger partial charge in [-0.05, 0) is 49.4 Å². The van der Waals surface area contributed by atoms with E-state index in [1.807, 2.05) is 60.4 Å². The number of hydrogen-bond acceptors (Lipinski definition) is 2. The van der Waals surface area contributed by atoms with Crippen LogP contribution < -0.4 is 9.64 Å². The van der Waals surface area contributed by atoms with Crippen molar-refractivity contribution in [2.75, 3.05) is 18.6 Å². The highest BCUT2D eigenvalue weighted by molar-refractivity contribution is 6.06. The van der Waals surface area contributed by atoms with Crippen LogP contribution in [0.4, 0.5) is 5.69 Å². The predicted molar refractivity (Wildman–Crippen MR) is 102 cm³/mol. The van der Waals surface area contributed by atoms with Gasteiger partial charge in [0.15, 0.2) is 0 Å². The fourth-order valence-electron chi connectivity index (χ4n) is 3.65. The van der Waals surface area contributed by atoms with Crippen LogP contribution in [0.15, 0.2) is 48.5 Å². The van der Waals surface area contributed by atoms with Crippen molar-refractivity contribution in [3.8, 4) is 5.75 Å². The summed E-state index contributed by atoms with van der Waals surface area (Å²) in [6.07, 6.45) is 6.29. The molecule has 0 N–H and O–H groups in total. The van der Waals surface area contributed by atoms with E-state index in [0.29, 0.717) is 5.92 Å². The van der Waals surface area contributed by atoms with Crippen molar-refractivity contribution < 1.29 is 9.53 Å². The number of amides is 1. The summed E-state index contributed by atoms with van der Waals surface area (Å²) < 4.78 is 5.47. The van der Waals surface area contributed by atoms with Crippen molar-refractivity contribution >= 4 is 11.6 Å². The fraction of sp³-hybridized carbons (Fsp3) is 0.409. The van der Waals surface area contributed by atoms with Crippen LogP contribution in [0.1, 0.15) is 48.0 Å². The van der Waals surface area contributed by atoms with Gasteiger partial charge in [-0.3, -0.25) is 4.79 Å². The SMILES string of the molecule is COc1cc(N(CC2CCCCC2)C(=O)c2ccccc2)ccc1C. The standard InChI is InChI=1S/C22H27NO2/c1-17-13-14-20(15-21(17)25-2)23(16-18-9-5-3-6-10-18)22(24)19-11-7-4-8-12-19/h4,7-8,11-15,18H,3,5-6,9-10,16H2,1-2H3. The number of methoxy groups -OCH3 is 1. The zero-order chi connectivity index (χ0) is 17.6. The summed E-state index contributed by atoms with van der Waals surface area (Å²) in [5, 5.41) is 0. The van der Waals surface area contributed by atoms with Crippen molar-refractivity contribution in [3.63, 3.8) is 0 Å². The molecular formula is C22H27NO2. The van der Waals surface area contributed by atoms with Gasteiger partial charge in [-0.2, -0.15) is 0 Å². The average molecular weight is 337 g/mol. The molecule has 0 unspecified atom stereocenters. The molecule has 2 aromatic carbocycles. The summed E-state index contributed by atoms with van der Waals surface area (Å²) >= 11 is 0. The Balaban J connectivity index is 1.91. The number of carbonyl (C=O) groups excluding carboxylic acids is 1. The van der Waals surface area contributed by atoms with Crippen molar-refractivity contribution in [3.05, 3.63) is 59.7 Å². The maximum absolute atomic E-state index is 13.2. The van der Waals surface area contributed by atoms with Crippen molar-refractivity contribution in [2.24, 2.45) is 5.92 Å². The number of rotatable bonds is 5. The Bertz CT molecular complexity index is 705. The molecule has 1 saturated carbocycles. The van der Waals surface area contributed by atoms with E-state index in [2.05, 4.69) is 0 Å². The highest BCUT2D eigenvalue weighted by atomic mass is 16.5.